The molecule has 5 heteroatoms. The van der Waals surface area contributed by atoms with Crippen molar-refractivity contribution in [3.05, 3.63) is 23.2 Å². The smallest absolute Gasteiger partial charge is 0.180 e. The lowest BCUT2D eigenvalue weighted by Gasteiger charge is -2.32. The number of nitrogens with zero attached hydrogens (tertiary/aromatic N) is 3. The molecule has 18 heavy (non-hydrogen) atoms. The van der Waals surface area contributed by atoms with Crippen LogP contribution in [0.25, 0.3) is 5.65 Å². The molecule has 0 amide bonds. The molecule has 98 valence electrons. The van der Waals surface area contributed by atoms with Crippen LogP contribution in [0.3, 0.4) is 0 Å². The average molecular weight is 311 g/mol. The topological polar surface area (TPSA) is 42.2 Å². The van der Waals surface area contributed by atoms with Gasteiger partial charge in [-0.05, 0) is 35.2 Å². The Bertz CT molecular complexity index is 523. The molecule has 2 heterocycles. The fraction of sp³-hybridized carbons (Fsp3) is 0.538. The Balaban J connectivity index is 2.44. The molecule has 2 aromatic heterocycles. The van der Waals surface area contributed by atoms with Crippen molar-refractivity contribution in [1.29, 1.82) is 0 Å². The first-order valence-corrected chi connectivity index (χ1v) is 7.20. The molecule has 0 aliphatic rings. The van der Waals surface area contributed by atoms with E-state index in [0.717, 1.165) is 35.3 Å². The van der Waals surface area contributed by atoms with E-state index in [2.05, 4.69) is 52.0 Å². The van der Waals surface area contributed by atoms with Crippen molar-refractivity contribution in [2.24, 2.45) is 0 Å². The third-order valence-corrected chi connectivity index (χ3v) is 4.14. The van der Waals surface area contributed by atoms with Crippen LogP contribution in [0.2, 0.25) is 0 Å². The number of imidazole rings is 1. The summed E-state index contributed by atoms with van der Waals surface area (Å²) in [5, 5.41) is 3.59. The normalized spacial score (nSPS) is 12.0. The van der Waals surface area contributed by atoms with Gasteiger partial charge in [-0.3, -0.25) is 0 Å². The summed E-state index contributed by atoms with van der Waals surface area (Å²) in [7, 11) is 0. The average Bonchev–Trinajstić information content (AvgIpc) is 2.84. The molecule has 0 saturated heterocycles. The highest BCUT2D eigenvalue weighted by atomic mass is 79.9. The fourth-order valence-electron chi connectivity index (χ4n) is 2.25. The van der Waals surface area contributed by atoms with Crippen LogP contribution in [0.1, 0.15) is 40.0 Å². The van der Waals surface area contributed by atoms with Crippen LogP contribution >= 0.6 is 15.9 Å². The Labute approximate surface area is 116 Å². The molecule has 0 aliphatic heterocycles. The predicted octanol–water partition coefficient (Wildman–Crippen LogP) is 3.87. The van der Waals surface area contributed by atoms with E-state index < -0.39 is 0 Å². The molecule has 1 N–H and O–H groups in total. The highest BCUT2D eigenvalue weighted by Crippen LogP contribution is 2.27. The number of fused-ring (bicyclic) bond motifs is 1. The molecule has 0 fully saturated rings. The molecule has 0 atom stereocenters. The first kappa shape index (κ1) is 13.3. The van der Waals surface area contributed by atoms with Crippen molar-refractivity contribution in [2.75, 3.05) is 5.32 Å². The minimum atomic E-state index is 0.0975. The van der Waals surface area contributed by atoms with Gasteiger partial charge in [0, 0.05) is 24.1 Å². The third kappa shape index (κ3) is 2.36. The maximum absolute atomic E-state index is 4.52. The van der Waals surface area contributed by atoms with Crippen LogP contribution in [0.15, 0.2) is 23.2 Å². The van der Waals surface area contributed by atoms with Gasteiger partial charge in [-0.15, -0.1) is 0 Å². The Hall–Kier alpha value is -1.10. The Morgan fingerprint density at radius 1 is 1.28 bits per heavy atom. The van der Waals surface area contributed by atoms with Crippen LogP contribution in [-0.4, -0.2) is 19.9 Å². The van der Waals surface area contributed by atoms with Gasteiger partial charge < -0.3 is 9.72 Å². The molecule has 0 spiro atoms. The van der Waals surface area contributed by atoms with Crippen molar-refractivity contribution >= 4 is 27.4 Å². The molecule has 2 aromatic rings. The van der Waals surface area contributed by atoms with Crippen LogP contribution in [0, 0.1) is 0 Å². The van der Waals surface area contributed by atoms with Crippen LogP contribution in [0.4, 0.5) is 5.82 Å². The predicted molar refractivity (Wildman–Crippen MR) is 77.9 cm³/mol. The maximum Gasteiger partial charge on any atom is 0.180 e. The number of aromatic nitrogens is 3. The van der Waals surface area contributed by atoms with Crippen molar-refractivity contribution in [2.45, 2.75) is 45.6 Å². The summed E-state index contributed by atoms with van der Waals surface area (Å²) < 4.78 is 2.79. The van der Waals surface area contributed by atoms with Gasteiger partial charge in [0.1, 0.15) is 4.60 Å². The number of hydrogen-bond donors (Lipinski definition) is 1. The molecule has 0 bridgehead atoms. The SMILES string of the molecule is CCC(CC)(CC)Nc1nc(Br)cn2ccnc12. The number of halogens is 1. The third-order valence-electron chi connectivity index (χ3n) is 3.76. The summed E-state index contributed by atoms with van der Waals surface area (Å²) in [5.74, 6) is 0.847. The molecule has 0 radical (unpaired) electrons. The molecule has 0 aliphatic carbocycles. The monoisotopic (exact) mass is 310 g/mol. The molecular weight excluding hydrogens is 292 g/mol. The second-order valence-electron chi connectivity index (χ2n) is 4.54. The second kappa shape index (κ2) is 5.26. The second-order valence-corrected chi connectivity index (χ2v) is 5.35. The number of anilines is 1. The standard InChI is InChI=1S/C13H19BrN4/c1-4-13(5-2,6-3)17-11-12-15-7-8-18(12)9-10(14)16-11/h7-9H,4-6H2,1-3H3,(H,16,17). The summed E-state index contributed by atoms with van der Waals surface area (Å²) in [6.45, 7) is 6.63. The molecule has 0 aromatic carbocycles. The lowest BCUT2D eigenvalue weighted by atomic mass is 9.90. The minimum absolute atomic E-state index is 0.0975. The summed E-state index contributed by atoms with van der Waals surface area (Å²) >= 11 is 3.44. The molecule has 0 unspecified atom stereocenters. The molecule has 4 nitrogen and oxygen atoms in total. The van der Waals surface area contributed by atoms with Gasteiger partial charge in [0.2, 0.25) is 0 Å². The number of rotatable bonds is 5. The van der Waals surface area contributed by atoms with Crippen LogP contribution in [-0.2, 0) is 0 Å². The summed E-state index contributed by atoms with van der Waals surface area (Å²) in [5.41, 5.74) is 0.971. The fourth-order valence-corrected chi connectivity index (χ4v) is 2.65. The number of nitrogens with one attached hydrogen (secondary N) is 1. The lowest BCUT2D eigenvalue weighted by molar-refractivity contribution is 0.419. The van der Waals surface area contributed by atoms with Crippen LogP contribution in [0.5, 0.6) is 0 Å². The molecular formula is C13H19BrN4. The van der Waals surface area contributed by atoms with Crippen molar-refractivity contribution in [3.63, 3.8) is 0 Å². The van der Waals surface area contributed by atoms with Crippen molar-refractivity contribution in [3.8, 4) is 0 Å². The Morgan fingerprint density at radius 3 is 2.56 bits per heavy atom. The summed E-state index contributed by atoms with van der Waals surface area (Å²) in [6.07, 6.45) is 8.85. The van der Waals surface area contributed by atoms with E-state index >= 15 is 0 Å². The largest absolute Gasteiger partial charge is 0.362 e. The number of hydrogen-bond acceptors (Lipinski definition) is 3. The zero-order chi connectivity index (χ0) is 13.2. The Kier molecular flexibility index (Phi) is 3.90. The summed E-state index contributed by atoms with van der Waals surface area (Å²) in [4.78, 5) is 8.89. The van der Waals surface area contributed by atoms with Crippen molar-refractivity contribution in [1.82, 2.24) is 14.4 Å². The van der Waals surface area contributed by atoms with Gasteiger partial charge in [0.15, 0.2) is 11.5 Å². The van der Waals surface area contributed by atoms with E-state index in [1.165, 1.54) is 0 Å². The molecule has 2 rings (SSSR count). The maximum atomic E-state index is 4.52. The van der Waals surface area contributed by atoms with Gasteiger partial charge in [-0.25, -0.2) is 9.97 Å². The molecule has 0 saturated carbocycles. The van der Waals surface area contributed by atoms with Gasteiger partial charge >= 0.3 is 0 Å². The van der Waals surface area contributed by atoms with E-state index in [1.54, 1.807) is 6.20 Å². The van der Waals surface area contributed by atoms with Gasteiger partial charge in [-0.1, -0.05) is 20.8 Å². The van der Waals surface area contributed by atoms with Crippen molar-refractivity contribution < 1.29 is 0 Å². The first-order chi connectivity index (χ1) is 8.64. The van der Waals surface area contributed by atoms with E-state index in [-0.39, 0.29) is 5.54 Å². The lowest BCUT2D eigenvalue weighted by Crippen LogP contribution is -2.36. The van der Waals surface area contributed by atoms with E-state index in [9.17, 15) is 0 Å². The van der Waals surface area contributed by atoms with E-state index in [1.807, 2.05) is 16.8 Å². The zero-order valence-electron chi connectivity index (χ0n) is 11.1. The quantitative estimate of drug-likeness (QED) is 0.911. The van der Waals surface area contributed by atoms with Gasteiger partial charge in [0.05, 0.1) is 0 Å². The van der Waals surface area contributed by atoms with Gasteiger partial charge in [0.25, 0.3) is 0 Å². The zero-order valence-corrected chi connectivity index (χ0v) is 12.7. The summed E-state index contributed by atoms with van der Waals surface area (Å²) in [6, 6.07) is 0. The Morgan fingerprint density at radius 2 is 1.94 bits per heavy atom. The van der Waals surface area contributed by atoms with E-state index in [0.29, 0.717) is 0 Å². The van der Waals surface area contributed by atoms with Gasteiger partial charge in [-0.2, -0.15) is 0 Å². The first-order valence-electron chi connectivity index (χ1n) is 6.41. The highest BCUT2D eigenvalue weighted by molar-refractivity contribution is 9.10. The van der Waals surface area contributed by atoms with E-state index in [4.69, 9.17) is 0 Å². The minimum Gasteiger partial charge on any atom is -0.362 e. The van der Waals surface area contributed by atoms with Crippen LogP contribution < -0.4 is 5.32 Å². The highest BCUT2D eigenvalue weighted by Gasteiger charge is 2.25.